The molecule has 1 aromatic heterocycles. The number of aryl methyl sites for hydroxylation is 1. The van der Waals surface area contributed by atoms with Crippen LogP contribution in [0.4, 0.5) is 5.69 Å². The Kier molecular flexibility index (Phi) is 3.85. The highest BCUT2D eigenvalue weighted by Crippen LogP contribution is 2.26. The van der Waals surface area contributed by atoms with Crippen molar-refractivity contribution < 1.29 is 0 Å². The van der Waals surface area contributed by atoms with Gasteiger partial charge in [-0.25, -0.2) is 0 Å². The molecule has 1 unspecified atom stereocenters. The Hall–Kier alpha value is -1.57. The van der Waals surface area contributed by atoms with Gasteiger partial charge in [-0.3, -0.25) is 4.98 Å². The first-order valence-electron chi connectivity index (χ1n) is 6.74. The topological polar surface area (TPSA) is 24.9 Å². The molecule has 0 bridgehead atoms. The summed E-state index contributed by atoms with van der Waals surface area (Å²) in [5.74, 6) is 0.628. The molecule has 2 aromatic rings. The highest BCUT2D eigenvalue weighted by atomic mass is 14.9. The summed E-state index contributed by atoms with van der Waals surface area (Å²) in [6, 6.07) is 8.97. The molecule has 1 atom stereocenters. The van der Waals surface area contributed by atoms with E-state index in [4.69, 9.17) is 0 Å². The minimum Gasteiger partial charge on any atom is -0.382 e. The van der Waals surface area contributed by atoms with Gasteiger partial charge in [-0.1, -0.05) is 26.8 Å². The summed E-state index contributed by atoms with van der Waals surface area (Å²) in [4.78, 5) is 4.48. The Balaban J connectivity index is 2.42. The van der Waals surface area contributed by atoms with Crippen molar-refractivity contribution in [2.45, 2.75) is 40.2 Å². The summed E-state index contributed by atoms with van der Waals surface area (Å²) in [6.07, 6.45) is 2.99. The van der Waals surface area contributed by atoms with Crippen molar-refractivity contribution in [3.05, 3.63) is 36.0 Å². The molecule has 96 valence electrons. The first-order chi connectivity index (χ1) is 8.63. The molecule has 0 aliphatic heterocycles. The third-order valence-corrected chi connectivity index (χ3v) is 3.56. The molecule has 0 spiro atoms. The number of hydrogen-bond donors (Lipinski definition) is 1. The van der Waals surface area contributed by atoms with Crippen LogP contribution in [0.3, 0.4) is 0 Å². The summed E-state index contributed by atoms with van der Waals surface area (Å²) >= 11 is 0. The lowest BCUT2D eigenvalue weighted by atomic mass is 10.0. The predicted molar refractivity (Wildman–Crippen MR) is 79.0 cm³/mol. The maximum absolute atomic E-state index is 4.48. The van der Waals surface area contributed by atoms with Crippen molar-refractivity contribution in [3.8, 4) is 0 Å². The zero-order chi connectivity index (χ0) is 13.1. The van der Waals surface area contributed by atoms with Crippen LogP contribution >= 0.6 is 0 Å². The van der Waals surface area contributed by atoms with Gasteiger partial charge in [0.15, 0.2) is 0 Å². The van der Waals surface area contributed by atoms with E-state index in [1.165, 1.54) is 16.6 Å². The molecule has 18 heavy (non-hydrogen) atoms. The number of benzene rings is 1. The van der Waals surface area contributed by atoms with Crippen LogP contribution in [0.15, 0.2) is 30.5 Å². The van der Waals surface area contributed by atoms with Gasteiger partial charge in [0.2, 0.25) is 0 Å². The quantitative estimate of drug-likeness (QED) is 0.860. The van der Waals surface area contributed by atoms with E-state index in [1.54, 1.807) is 0 Å². The molecule has 0 amide bonds. The lowest BCUT2D eigenvalue weighted by molar-refractivity contribution is 0.511. The minimum atomic E-state index is 0.510. The van der Waals surface area contributed by atoms with Crippen molar-refractivity contribution in [2.24, 2.45) is 5.92 Å². The predicted octanol–water partition coefficient (Wildman–Crippen LogP) is 4.39. The third kappa shape index (κ3) is 2.47. The lowest BCUT2D eigenvalue weighted by Crippen LogP contribution is -2.24. The van der Waals surface area contributed by atoms with Gasteiger partial charge in [0.25, 0.3) is 0 Å². The van der Waals surface area contributed by atoms with Crippen molar-refractivity contribution in [3.63, 3.8) is 0 Å². The average Bonchev–Trinajstić information content (AvgIpc) is 2.38. The SMILES string of the molecule is CCC(Nc1ccc(C)c2ncccc12)C(C)C. The number of aromatic nitrogens is 1. The number of rotatable bonds is 4. The normalized spacial score (nSPS) is 12.9. The largest absolute Gasteiger partial charge is 0.382 e. The van der Waals surface area contributed by atoms with Crippen LogP contribution in [-0.2, 0) is 0 Å². The number of fused-ring (bicyclic) bond motifs is 1. The molecule has 0 saturated heterocycles. The van der Waals surface area contributed by atoms with Crippen LogP contribution < -0.4 is 5.32 Å². The Morgan fingerprint density at radius 3 is 2.67 bits per heavy atom. The van der Waals surface area contributed by atoms with E-state index in [0.29, 0.717) is 12.0 Å². The molecule has 0 aliphatic carbocycles. The maximum Gasteiger partial charge on any atom is 0.0751 e. The molecule has 0 saturated carbocycles. The van der Waals surface area contributed by atoms with Gasteiger partial charge in [-0.2, -0.15) is 0 Å². The second-order valence-electron chi connectivity index (χ2n) is 5.23. The van der Waals surface area contributed by atoms with E-state index < -0.39 is 0 Å². The monoisotopic (exact) mass is 242 g/mol. The van der Waals surface area contributed by atoms with Gasteiger partial charge in [0.1, 0.15) is 0 Å². The van der Waals surface area contributed by atoms with Crippen LogP contribution in [0, 0.1) is 12.8 Å². The lowest BCUT2D eigenvalue weighted by Gasteiger charge is -2.23. The Labute approximate surface area is 109 Å². The van der Waals surface area contributed by atoms with Crippen LogP contribution in [0.1, 0.15) is 32.8 Å². The zero-order valence-electron chi connectivity index (χ0n) is 11.7. The fraction of sp³-hybridized carbons (Fsp3) is 0.438. The number of hydrogen-bond acceptors (Lipinski definition) is 2. The molecule has 1 heterocycles. The first kappa shape index (κ1) is 12.9. The fourth-order valence-corrected chi connectivity index (χ4v) is 2.38. The van der Waals surface area contributed by atoms with E-state index >= 15 is 0 Å². The summed E-state index contributed by atoms with van der Waals surface area (Å²) in [7, 11) is 0. The van der Waals surface area contributed by atoms with Crippen molar-refractivity contribution >= 4 is 16.6 Å². The van der Waals surface area contributed by atoms with Crippen molar-refractivity contribution in [1.29, 1.82) is 0 Å². The number of pyridine rings is 1. The van der Waals surface area contributed by atoms with Gasteiger partial charge in [0, 0.05) is 23.3 Å². The van der Waals surface area contributed by atoms with Gasteiger partial charge in [-0.05, 0) is 43.0 Å². The van der Waals surface area contributed by atoms with Crippen molar-refractivity contribution in [2.75, 3.05) is 5.32 Å². The Morgan fingerprint density at radius 1 is 1.22 bits per heavy atom. The molecular formula is C16H22N2. The van der Waals surface area contributed by atoms with E-state index in [0.717, 1.165) is 11.9 Å². The smallest absolute Gasteiger partial charge is 0.0751 e. The number of nitrogens with zero attached hydrogens (tertiary/aromatic N) is 1. The van der Waals surface area contributed by atoms with E-state index in [-0.39, 0.29) is 0 Å². The zero-order valence-corrected chi connectivity index (χ0v) is 11.7. The van der Waals surface area contributed by atoms with Crippen molar-refractivity contribution in [1.82, 2.24) is 4.98 Å². The molecule has 0 radical (unpaired) electrons. The first-order valence-corrected chi connectivity index (χ1v) is 6.74. The number of nitrogens with one attached hydrogen (secondary N) is 1. The van der Waals surface area contributed by atoms with Crippen LogP contribution in [0.5, 0.6) is 0 Å². The summed E-state index contributed by atoms with van der Waals surface area (Å²) < 4.78 is 0. The van der Waals surface area contributed by atoms with Gasteiger partial charge >= 0.3 is 0 Å². The molecule has 1 N–H and O–H groups in total. The van der Waals surface area contributed by atoms with E-state index in [1.807, 2.05) is 12.3 Å². The molecular weight excluding hydrogens is 220 g/mol. The molecule has 2 nitrogen and oxygen atoms in total. The molecule has 1 aromatic carbocycles. The summed E-state index contributed by atoms with van der Waals surface area (Å²) in [5.41, 5.74) is 3.53. The second-order valence-corrected chi connectivity index (χ2v) is 5.23. The standard InChI is InChI=1S/C16H22N2/c1-5-14(11(2)3)18-15-9-8-12(4)16-13(15)7-6-10-17-16/h6-11,14,18H,5H2,1-4H3. The fourth-order valence-electron chi connectivity index (χ4n) is 2.38. The van der Waals surface area contributed by atoms with Gasteiger partial charge in [-0.15, -0.1) is 0 Å². The van der Waals surface area contributed by atoms with Crippen LogP contribution in [0.25, 0.3) is 10.9 Å². The average molecular weight is 242 g/mol. The third-order valence-electron chi connectivity index (χ3n) is 3.56. The Morgan fingerprint density at radius 2 is 2.00 bits per heavy atom. The molecule has 0 fully saturated rings. The molecule has 2 heteroatoms. The van der Waals surface area contributed by atoms with Crippen LogP contribution in [-0.4, -0.2) is 11.0 Å². The second kappa shape index (κ2) is 5.38. The summed E-state index contributed by atoms with van der Waals surface area (Å²) in [6.45, 7) is 8.86. The minimum absolute atomic E-state index is 0.510. The molecule has 2 rings (SSSR count). The van der Waals surface area contributed by atoms with E-state index in [2.05, 4.69) is 56.2 Å². The Bertz CT molecular complexity index is 532. The van der Waals surface area contributed by atoms with E-state index in [9.17, 15) is 0 Å². The van der Waals surface area contributed by atoms with Gasteiger partial charge in [0.05, 0.1) is 5.52 Å². The summed E-state index contributed by atoms with van der Waals surface area (Å²) in [5, 5.41) is 4.88. The molecule has 0 aliphatic rings. The maximum atomic E-state index is 4.48. The highest BCUT2D eigenvalue weighted by Gasteiger charge is 2.12. The van der Waals surface area contributed by atoms with Gasteiger partial charge < -0.3 is 5.32 Å². The highest BCUT2D eigenvalue weighted by molar-refractivity contribution is 5.93. The van der Waals surface area contributed by atoms with Crippen LogP contribution in [0.2, 0.25) is 0 Å². The number of anilines is 1.